The smallest absolute Gasteiger partial charge is 0.227 e. The van der Waals surface area contributed by atoms with Gasteiger partial charge in [0, 0.05) is 36.5 Å². The first-order valence-corrected chi connectivity index (χ1v) is 8.48. The van der Waals surface area contributed by atoms with Gasteiger partial charge in [-0.2, -0.15) is 0 Å². The van der Waals surface area contributed by atoms with Crippen LogP contribution in [0.25, 0.3) is 0 Å². The number of para-hydroxylation sites is 1. The van der Waals surface area contributed by atoms with Crippen molar-refractivity contribution in [1.29, 1.82) is 0 Å². The maximum absolute atomic E-state index is 12.8. The topological polar surface area (TPSA) is 64.5 Å². The Morgan fingerprint density at radius 2 is 2.24 bits per heavy atom. The Morgan fingerprint density at radius 3 is 3.04 bits per heavy atom. The standard InChI is InChI=1S/C19H23N3O3/c1-24-18-5-3-2-4-16(18)11-19(23)22-8-9-25-13-15(12-22)10-17-6-7-20-14-21-17/h2-7,14-15H,8-13H2,1H3. The van der Waals surface area contributed by atoms with E-state index in [-0.39, 0.29) is 11.8 Å². The van der Waals surface area contributed by atoms with Crippen molar-refractivity contribution in [3.05, 3.63) is 54.1 Å². The average Bonchev–Trinajstić information content (AvgIpc) is 2.89. The maximum atomic E-state index is 12.8. The quantitative estimate of drug-likeness (QED) is 0.829. The summed E-state index contributed by atoms with van der Waals surface area (Å²) in [6, 6.07) is 9.56. The van der Waals surface area contributed by atoms with Crippen LogP contribution in [0.1, 0.15) is 11.3 Å². The van der Waals surface area contributed by atoms with E-state index < -0.39 is 0 Å². The Balaban J connectivity index is 1.65. The highest BCUT2D eigenvalue weighted by atomic mass is 16.5. The van der Waals surface area contributed by atoms with Crippen LogP contribution in [0.5, 0.6) is 5.75 Å². The van der Waals surface area contributed by atoms with Crippen molar-refractivity contribution in [1.82, 2.24) is 14.9 Å². The molecule has 0 N–H and O–H groups in total. The van der Waals surface area contributed by atoms with Crippen molar-refractivity contribution in [2.75, 3.05) is 33.4 Å². The van der Waals surface area contributed by atoms with Crippen LogP contribution in [0, 0.1) is 5.92 Å². The molecule has 3 rings (SSSR count). The molecule has 0 saturated carbocycles. The van der Waals surface area contributed by atoms with E-state index >= 15 is 0 Å². The number of methoxy groups -OCH3 is 1. The molecule has 6 nitrogen and oxygen atoms in total. The van der Waals surface area contributed by atoms with Gasteiger partial charge in [0.2, 0.25) is 5.91 Å². The Morgan fingerprint density at radius 1 is 1.36 bits per heavy atom. The predicted octanol–water partition coefficient (Wildman–Crippen LogP) is 1.75. The van der Waals surface area contributed by atoms with Gasteiger partial charge in [0.25, 0.3) is 0 Å². The minimum Gasteiger partial charge on any atom is -0.496 e. The fourth-order valence-electron chi connectivity index (χ4n) is 3.09. The maximum Gasteiger partial charge on any atom is 0.227 e. The van der Waals surface area contributed by atoms with Crippen molar-refractivity contribution < 1.29 is 14.3 Å². The zero-order valence-electron chi connectivity index (χ0n) is 14.4. The molecule has 0 aliphatic carbocycles. The molecule has 1 fully saturated rings. The van der Waals surface area contributed by atoms with E-state index in [1.165, 1.54) is 0 Å². The van der Waals surface area contributed by atoms with Crippen LogP contribution in [-0.4, -0.2) is 54.2 Å². The van der Waals surface area contributed by atoms with E-state index in [0.29, 0.717) is 32.7 Å². The number of rotatable bonds is 5. The molecule has 1 aromatic heterocycles. The highest BCUT2D eigenvalue weighted by Gasteiger charge is 2.23. The van der Waals surface area contributed by atoms with Gasteiger partial charge >= 0.3 is 0 Å². The van der Waals surface area contributed by atoms with Gasteiger partial charge in [-0.3, -0.25) is 4.79 Å². The SMILES string of the molecule is COc1ccccc1CC(=O)N1CCOCC(Cc2ccncn2)C1. The normalized spacial score (nSPS) is 17.8. The zero-order valence-corrected chi connectivity index (χ0v) is 14.4. The fourth-order valence-corrected chi connectivity index (χ4v) is 3.09. The van der Waals surface area contributed by atoms with Gasteiger partial charge in [-0.15, -0.1) is 0 Å². The lowest BCUT2D eigenvalue weighted by atomic mass is 10.0. The first kappa shape index (κ1) is 17.4. The van der Waals surface area contributed by atoms with Gasteiger partial charge in [0.15, 0.2) is 0 Å². The number of ether oxygens (including phenoxy) is 2. The molecule has 0 bridgehead atoms. The Labute approximate surface area is 147 Å². The summed E-state index contributed by atoms with van der Waals surface area (Å²) in [7, 11) is 1.63. The third-order valence-electron chi connectivity index (χ3n) is 4.37. The third-order valence-corrected chi connectivity index (χ3v) is 4.37. The van der Waals surface area contributed by atoms with Gasteiger partial charge in [-0.1, -0.05) is 18.2 Å². The first-order chi connectivity index (χ1) is 12.3. The molecule has 2 heterocycles. The van der Waals surface area contributed by atoms with E-state index in [0.717, 1.165) is 23.4 Å². The van der Waals surface area contributed by atoms with E-state index in [9.17, 15) is 4.79 Å². The molecular weight excluding hydrogens is 318 g/mol. The molecule has 0 radical (unpaired) electrons. The van der Waals surface area contributed by atoms with Crippen LogP contribution in [0.15, 0.2) is 42.9 Å². The summed E-state index contributed by atoms with van der Waals surface area (Å²) < 4.78 is 11.0. The molecule has 25 heavy (non-hydrogen) atoms. The van der Waals surface area contributed by atoms with E-state index in [1.54, 1.807) is 19.6 Å². The molecular formula is C19H23N3O3. The number of carbonyl (C=O) groups is 1. The highest BCUT2D eigenvalue weighted by Crippen LogP contribution is 2.20. The van der Waals surface area contributed by atoms with Crippen LogP contribution in [0.3, 0.4) is 0 Å². The van der Waals surface area contributed by atoms with Gasteiger partial charge < -0.3 is 14.4 Å². The third kappa shape index (κ3) is 4.76. The fraction of sp³-hybridized carbons (Fsp3) is 0.421. The molecule has 1 aromatic carbocycles. The minimum atomic E-state index is 0.0997. The molecule has 1 saturated heterocycles. The highest BCUT2D eigenvalue weighted by molar-refractivity contribution is 5.79. The van der Waals surface area contributed by atoms with E-state index in [2.05, 4.69) is 9.97 Å². The second-order valence-corrected chi connectivity index (χ2v) is 6.17. The van der Waals surface area contributed by atoms with Crippen molar-refractivity contribution >= 4 is 5.91 Å². The molecule has 2 aromatic rings. The number of aromatic nitrogens is 2. The summed E-state index contributed by atoms with van der Waals surface area (Å²) in [4.78, 5) is 22.9. The van der Waals surface area contributed by atoms with Gasteiger partial charge in [-0.05, 0) is 18.6 Å². The summed E-state index contributed by atoms with van der Waals surface area (Å²) in [6.45, 7) is 2.51. The van der Waals surface area contributed by atoms with Crippen LogP contribution in [0.2, 0.25) is 0 Å². The summed E-state index contributed by atoms with van der Waals surface area (Å²) >= 11 is 0. The second-order valence-electron chi connectivity index (χ2n) is 6.17. The molecule has 1 amide bonds. The van der Waals surface area contributed by atoms with Crippen LogP contribution >= 0.6 is 0 Å². The number of carbonyl (C=O) groups excluding carboxylic acids is 1. The largest absolute Gasteiger partial charge is 0.496 e. The lowest BCUT2D eigenvalue weighted by Gasteiger charge is -2.24. The molecule has 132 valence electrons. The number of amides is 1. The predicted molar refractivity (Wildman–Crippen MR) is 93.3 cm³/mol. The number of hydrogen-bond acceptors (Lipinski definition) is 5. The number of nitrogens with zero attached hydrogens (tertiary/aromatic N) is 3. The van der Waals surface area contributed by atoms with E-state index in [1.807, 2.05) is 35.2 Å². The van der Waals surface area contributed by atoms with Gasteiger partial charge in [0.05, 0.1) is 26.7 Å². The van der Waals surface area contributed by atoms with Crippen molar-refractivity contribution in [2.24, 2.45) is 5.92 Å². The summed E-state index contributed by atoms with van der Waals surface area (Å²) in [6.07, 6.45) is 4.41. The van der Waals surface area contributed by atoms with Crippen molar-refractivity contribution in [3.8, 4) is 5.75 Å². The molecule has 1 atom stereocenters. The van der Waals surface area contributed by atoms with Crippen molar-refractivity contribution in [3.63, 3.8) is 0 Å². The summed E-state index contributed by atoms with van der Waals surface area (Å²) in [5.41, 5.74) is 1.88. The molecule has 6 heteroatoms. The Hall–Kier alpha value is -2.47. The zero-order chi connectivity index (χ0) is 17.5. The lowest BCUT2D eigenvalue weighted by molar-refractivity contribution is -0.130. The lowest BCUT2D eigenvalue weighted by Crippen LogP contribution is -2.37. The number of hydrogen-bond donors (Lipinski definition) is 0. The van der Waals surface area contributed by atoms with Crippen LogP contribution < -0.4 is 4.74 Å². The van der Waals surface area contributed by atoms with Crippen molar-refractivity contribution in [2.45, 2.75) is 12.8 Å². The van der Waals surface area contributed by atoms with E-state index in [4.69, 9.17) is 9.47 Å². The molecule has 1 aliphatic heterocycles. The molecule has 1 aliphatic rings. The van der Waals surface area contributed by atoms with Crippen LogP contribution in [-0.2, 0) is 22.4 Å². The number of benzene rings is 1. The minimum absolute atomic E-state index is 0.0997. The summed E-state index contributed by atoms with van der Waals surface area (Å²) in [5.74, 6) is 1.08. The molecule has 0 spiro atoms. The first-order valence-electron chi connectivity index (χ1n) is 8.48. The monoisotopic (exact) mass is 341 g/mol. The molecule has 1 unspecified atom stereocenters. The Bertz CT molecular complexity index is 693. The Kier molecular flexibility index (Phi) is 5.95. The summed E-state index contributed by atoms with van der Waals surface area (Å²) in [5, 5.41) is 0. The van der Waals surface area contributed by atoms with Gasteiger partial charge in [-0.25, -0.2) is 9.97 Å². The average molecular weight is 341 g/mol. The van der Waals surface area contributed by atoms with Crippen LogP contribution in [0.4, 0.5) is 0 Å². The van der Waals surface area contributed by atoms with Gasteiger partial charge in [0.1, 0.15) is 12.1 Å². The second kappa shape index (κ2) is 8.58.